The van der Waals surface area contributed by atoms with Crippen LogP contribution in [0.3, 0.4) is 0 Å². The molecule has 8 heteroatoms. The molecule has 122 valence electrons. The SMILES string of the molecule is COCCNc1ccc(C(=O)N(C)C2CCS(=O)(=O)C2)nc1. The molecule has 0 aliphatic carbocycles. The van der Waals surface area contributed by atoms with Crippen LogP contribution in [0.5, 0.6) is 0 Å². The van der Waals surface area contributed by atoms with Gasteiger partial charge >= 0.3 is 0 Å². The van der Waals surface area contributed by atoms with Gasteiger partial charge in [0.2, 0.25) is 0 Å². The Kier molecular flexibility index (Phi) is 5.36. The first-order valence-corrected chi connectivity index (χ1v) is 8.91. The van der Waals surface area contributed by atoms with E-state index in [0.29, 0.717) is 25.3 Å². The van der Waals surface area contributed by atoms with Crippen molar-refractivity contribution < 1.29 is 17.9 Å². The summed E-state index contributed by atoms with van der Waals surface area (Å²) >= 11 is 0. The Hall–Kier alpha value is -1.67. The number of aromatic nitrogens is 1. The molecular weight excluding hydrogens is 306 g/mol. The van der Waals surface area contributed by atoms with E-state index in [1.54, 1.807) is 32.5 Å². The van der Waals surface area contributed by atoms with Gasteiger partial charge in [-0.3, -0.25) is 4.79 Å². The van der Waals surface area contributed by atoms with Gasteiger partial charge in [0, 0.05) is 26.7 Å². The van der Waals surface area contributed by atoms with Crippen LogP contribution in [-0.2, 0) is 14.6 Å². The fraction of sp³-hybridized carbons (Fsp3) is 0.571. The lowest BCUT2D eigenvalue weighted by Crippen LogP contribution is -2.38. The van der Waals surface area contributed by atoms with Crippen molar-refractivity contribution in [2.45, 2.75) is 12.5 Å². The van der Waals surface area contributed by atoms with Gasteiger partial charge in [-0.15, -0.1) is 0 Å². The maximum Gasteiger partial charge on any atom is 0.272 e. The third kappa shape index (κ3) is 4.17. The molecule has 1 saturated heterocycles. The summed E-state index contributed by atoms with van der Waals surface area (Å²) in [6.45, 7) is 1.24. The average molecular weight is 327 g/mol. The van der Waals surface area contributed by atoms with Crippen LogP contribution in [0.4, 0.5) is 5.69 Å². The number of methoxy groups -OCH3 is 1. The Morgan fingerprint density at radius 1 is 1.50 bits per heavy atom. The molecule has 2 rings (SSSR count). The number of hydrogen-bond acceptors (Lipinski definition) is 6. The number of anilines is 1. The normalized spacial score (nSPS) is 19.8. The average Bonchev–Trinajstić information content (AvgIpc) is 2.87. The predicted octanol–water partition coefficient (Wildman–Crippen LogP) is 0.399. The van der Waals surface area contributed by atoms with Gasteiger partial charge in [0.25, 0.3) is 5.91 Å². The van der Waals surface area contributed by atoms with E-state index in [2.05, 4.69) is 10.3 Å². The number of nitrogens with zero attached hydrogens (tertiary/aromatic N) is 2. The Morgan fingerprint density at radius 2 is 2.27 bits per heavy atom. The highest BCUT2D eigenvalue weighted by molar-refractivity contribution is 7.91. The van der Waals surface area contributed by atoms with E-state index < -0.39 is 9.84 Å². The van der Waals surface area contributed by atoms with Gasteiger partial charge in [0.15, 0.2) is 9.84 Å². The highest BCUT2D eigenvalue weighted by Crippen LogP contribution is 2.18. The first kappa shape index (κ1) is 16.7. The molecule has 1 aromatic heterocycles. The van der Waals surface area contributed by atoms with Crippen molar-refractivity contribution >= 4 is 21.4 Å². The Bertz CT molecular complexity index is 615. The first-order valence-electron chi connectivity index (χ1n) is 7.09. The van der Waals surface area contributed by atoms with Crippen LogP contribution in [0.1, 0.15) is 16.9 Å². The maximum absolute atomic E-state index is 12.3. The van der Waals surface area contributed by atoms with Crippen molar-refractivity contribution in [2.75, 3.05) is 44.1 Å². The van der Waals surface area contributed by atoms with Gasteiger partial charge in [0.05, 0.1) is 30.0 Å². The van der Waals surface area contributed by atoms with Crippen molar-refractivity contribution in [1.82, 2.24) is 9.88 Å². The maximum atomic E-state index is 12.3. The Morgan fingerprint density at radius 3 is 2.82 bits per heavy atom. The third-order valence-corrected chi connectivity index (χ3v) is 5.44. The second-order valence-corrected chi connectivity index (χ2v) is 7.55. The monoisotopic (exact) mass is 327 g/mol. The lowest BCUT2D eigenvalue weighted by atomic mass is 10.2. The van der Waals surface area contributed by atoms with E-state index in [1.807, 2.05) is 0 Å². The lowest BCUT2D eigenvalue weighted by Gasteiger charge is -2.23. The van der Waals surface area contributed by atoms with Crippen molar-refractivity contribution in [3.05, 3.63) is 24.0 Å². The van der Waals surface area contributed by atoms with Gasteiger partial charge in [-0.25, -0.2) is 13.4 Å². The summed E-state index contributed by atoms with van der Waals surface area (Å²) < 4.78 is 27.9. The molecule has 1 unspecified atom stereocenters. The van der Waals surface area contributed by atoms with Crippen molar-refractivity contribution in [3.63, 3.8) is 0 Å². The molecule has 0 radical (unpaired) electrons. The van der Waals surface area contributed by atoms with E-state index in [1.165, 1.54) is 4.90 Å². The van der Waals surface area contributed by atoms with E-state index in [9.17, 15) is 13.2 Å². The second-order valence-electron chi connectivity index (χ2n) is 5.32. The van der Waals surface area contributed by atoms with Crippen LogP contribution in [0, 0.1) is 0 Å². The van der Waals surface area contributed by atoms with Gasteiger partial charge < -0.3 is 15.0 Å². The number of nitrogens with one attached hydrogen (secondary N) is 1. The molecule has 7 nitrogen and oxygen atoms in total. The number of amides is 1. The number of hydrogen-bond donors (Lipinski definition) is 1. The van der Waals surface area contributed by atoms with E-state index in [0.717, 1.165) is 5.69 Å². The van der Waals surface area contributed by atoms with E-state index in [4.69, 9.17) is 4.74 Å². The number of pyridine rings is 1. The quantitative estimate of drug-likeness (QED) is 0.761. The molecule has 1 aromatic rings. The molecule has 1 fully saturated rings. The zero-order valence-corrected chi connectivity index (χ0v) is 13.6. The molecular formula is C14H21N3O4S. The number of ether oxygens (including phenoxy) is 1. The van der Waals surface area contributed by atoms with Gasteiger partial charge in [-0.1, -0.05) is 0 Å². The summed E-state index contributed by atoms with van der Waals surface area (Å²) in [7, 11) is 0.239. The fourth-order valence-corrected chi connectivity index (χ4v) is 4.12. The minimum absolute atomic E-state index is 0.0336. The fourth-order valence-electron chi connectivity index (χ4n) is 2.35. The summed E-state index contributed by atoms with van der Waals surface area (Å²) in [6, 6.07) is 3.14. The minimum atomic E-state index is -3.01. The van der Waals surface area contributed by atoms with Gasteiger partial charge in [-0.05, 0) is 18.6 Å². The molecule has 1 aliphatic rings. The topological polar surface area (TPSA) is 88.6 Å². The highest BCUT2D eigenvalue weighted by atomic mass is 32.2. The van der Waals surface area contributed by atoms with Crippen LogP contribution >= 0.6 is 0 Å². The summed E-state index contributed by atoms with van der Waals surface area (Å²) in [4.78, 5) is 18.0. The van der Waals surface area contributed by atoms with Crippen molar-refractivity contribution in [1.29, 1.82) is 0 Å². The van der Waals surface area contributed by atoms with Gasteiger partial charge in [0.1, 0.15) is 5.69 Å². The van der Waals surface area contributed by atoms with Crippen LogP contribution in [0.2, 0.25) is 0 Å². The van der Waals surface area contributed by atoms with Crippen LogP contribution < -0.4 is 5.32 Å². The summed E-state index contributed by atoms with van der Waals surface area (Å²) in [6.07, 6.45) is 2.07. The minimum Gasteiger partial charge on any atom is -0.383 e. The summed E-state index contributed by atoms with van der Waals surface area (Å²) in [5.74, 6) is -0.0812. The van der Waals surface area contributed by atoms with Crippen molar-refractivity contribution in [2.24, 2.45) is 0 Å². The van der Waals surface area contributed by atoms with Crippen molar-refractivity contribution in [3.8, 4) is 0 Å². The molecule has 0 spiro atoms. The van der Waals surface area contributed by atoms with Crippen LogP contribution in [0.15, 0.2) is 18.3 Å². The molecule has 22 heavy (non-hydrogen) atoms. The lowest BCUT2D eigenvalue weighted by molar-refractivity contribution is 0.0742. The summed E-state index contributed by atoms with van der Waals surface area (Å²) in [5.41, 5.74) is 1.11. The third-order valence-electron chi connectivity index (χ3n) is 3.69. The zero-order chi connectivity index (χ0) is 16.2. The largest absolute Gasteiger partial charge is 0.383 e. The Balaban J connectivity index is 1.97. The zero-order valence-electron chi connectivity index (χ0n) is 12.8. The van der Waals surface area contributed by atoms with Crippen LogP contribution in [-0.4, -0.2) is 69.1 Å². The smallest absolute Gasteiger partial charge is 0.272 e. The summed E-state index contributed by atoms with van der Waals surface area (Å²) in [5, 5.41) is 3.12. The molecule has 2 heterocycles. The molecule has 1 aliphatic heterocycles. The molecule has 1 N–H and O–H groups in total. The first-order chi connectivity index (χ1) is 10.4. The molecule has 0 bridgehead atoms. The van der Waals surface area contributed by atoms with Crippen LogP contribution in [0.25, 0.3) is 0 Å². The molecule has 1 atom stereocenters. The van der Waals surface area contributed by atoms with E-state index >= 15 is 0 Å². The van der Waals surface area contributed by atoms with E-state index in [-0.39, 0.29) is 23.5 Å². The number of sulfone groups is 1. The van der Waals surface area contributed by atoms with Gasteiger partial charge in [-0.2, -0.15) is 0 Å². The number of carbonyl (C=O) groups is 1. The molecule has 1 amide bonds. The second kappa shape index (κ2) is 7.06. The predicted molar refractivity (Wildman–Crippen MR) is 83.8 cm³/mol. The highest BCUT2D eigenvalue weighted by Gasteiger charge is 2.33. The number of rotatable bonds is 6. The Labute approximate surface area is 130 Å². The number of carbonyl (C=O) groups excluding carboxylic acids is 1. The molecule has 0 aromatic carbocycles. The molecule has 0 saturated carbocycles. The standard InChI is InChI=1S/C14H21N3O4S/c1-17(12-5-8-22(19,20)10-12)14(18)13-4-3-11(9-16-13)15-6-7-21-2/h3-4,9,12,15H,5-8,10H2,1-2H3.